The molecule has 0 radical (unpaired) electrons. The Bertz CT molecular complexity index is 240. The van der Waals surface area contributed by atoms with Crippen LogP contribution < -0.4 is 0 Å². The molecule has 0 saturated carbocycles. The van der Waals surface area contributed by atoms with E-state index >= 15 is 0 Å². The van der Waals surface area contributed by atoms with Crippen LogP contribution in [-0.4, -0.2) is 85.7 Å². The highest BCUT2D eigenvalue weighted by Gasteiger charge is 2.14. The highest BCUT2D eigenvalue weighted by atomic mass is 16.4. The van der Waals surface area contributed by atoms with Crippen molar-refractivity contribution >= 4 is 5.97 Å². The first-order valence-corrected chi connectivity index (χ1v) is 6.89. The number of hydrogen-bond acceptors (Lipinski definition) is 4. The van der Waals surface area contributed by atoms with E-state index in [1.807, 2.05) is 0 Å². The Labute approximate surface area is 110 Å². The van der Waals surface area contributed by atoms with Crippen molar-refractivity contribution in [3.8, 4) is 0 Å². The molecule has 0 amide bonds. The van der Waals surface area contributed by atoms with E-state index in [1.54, 1.807) is 0 Å². The van der Waals surface area contributed by atoms with Gasteiger partial charge in [-0.2, -0.15) is 0 Å². The summed E-state index contributed by atoms with van der Waals surface area (Å²) >= 11 is 0. The van der Waals surface area contributed by atoms with Crippen LogP contribution in [0.5, 0.6) is 0 Å². The number of hydrogen-bond donors (Lipinski definition) is 1. The minimum absolute atomic E-state index is 0.243. The van der Waals surface area contributed by atoms with Gasteiger partial charge < -0.3 is 19.8 Å². The molecular weight excluding hydrogens is 230 g/mol. The molecule has 0 spiro atoms. The molecule has 0 aromatic rings. The largest absolute Gasteiger partial charge is 0.481 e. The highest BCUT2D eigenvalue weighted by Crippen LogP contribution is 2.06. The quantitative estimate of drug-likeness (QED) is 0.649. The molecule has 18 heavy (non-hydrogen) atoms. The van der Waals surface area contributed by atoms with Crippen LogP contribution in [0.3, 0.4) is 0 Å². The van der Waals surface area contributed by atoms with Gasteiger partial charge in [-0.1, -0.05) is 0 Å². The average molecular weight is 257 g/mol. The van der Waals surface area contributed by atoms with Crippen LogP contribution in [0.15, 0.2) is 0 Å². The van der Waals surface area contributed by atoms with Crippen molar-refractivity contribution in [3.05, 3.63) is 0 Å². The van der Waals surface area contributed by atoms with E-state index in [1.165, 1.54) is 25.9 Å². The minimum Gasteiger partial charge on any atom is -0.481 e. The molecule has 106 valence electrons. The Hall–Kier alpha value is -0.650. The van der Waals surface area contributed by atoms with Crippen LogP contribution in [0.2, 0.25) is 0 Å². The van der Waals surface area contributed by atoms with Gasteiger partial charge in [0.15, 0.2) is 0 Å². The third-order valence-electron chi connectivity index (χ3n) is 3.44. The summed E-state index contributed by atoms with van der Waals surface area (Å²) in [5.41, 5.74) is 0. The molecule has 5 heteroatoms. The molecule has 0 unspecified atom stereocenters. The van der Waals surface area contributed by atoms with Gasteiger partial charge in [0.25, 0.3) is 0 Å². The monoisotopic (exact) mass is 257 g/mol. The standard InChI is InChI=1S/C13H27N3O2/c1-14(2)9-10-16(8-5-13(17)18)12-11-15-6-3-4-7-15/h3-12H2,1-2H3,(H,17,18). The van der Waals surface area contributed by atoms with Crippen LogP contribution in [0, 0.1) is 0 Å². The van der Waals surface area contributed by atoms with Gasteiger partial charge in [-0.3, -0.25) is 4.79 Å². The zero-order chi connectivity index (χ0) is 13.4. The maximum Gasteiger partial charge on any atom is 0.304 e. The fourth-order valence-electron chi connectivity index (χ4n) is 2.22. The number of carboxylic acid groups (broad SMARTS) is 1. The number of carboxylic acids is 1. The Morgan fingerprint density at radius 2 is 1.78 bits per heavy atom. The lowest BCUT2D eigenvalue weighted by Gasteiger charge is -2.26. The predicted octanol–water partition coefficient (Wildman–Crippen LogP) is 0.421. The Morgan fingerprint density at radius 1 is 1.11 bits per heavy atom. The summed E-state index contributed by atoms with van der Waals surface area (Å²) in [4.78, 5) is 17.5. The molecule has 1 rings (SSSR count). The van der Waals surface area contributed by atoms with Crippen molar-refractivity contribution in [1.82, 2.24) is 14.7 Å². The maximum absolute atomic E-state index is 10.7. The zero-order valence-electron chi connectivity index (χ0n) is 11.8. The van der Waals surface area contributed by atoms with Gasteiger partial charge in [-0.25, -0.2) is 0 Å². The molecule has 0 aromatic heterocycles. The van der Waals surface area contributed by atoms with Crippen molar-refractivity contribution in [2.24, 2.45) is 0 Å². The Morgan fingerprint density at radius 3 is 2.33 bits per heavy atom. The third kappa shape index (κ3) is 6.93. The van der Waals surface area contributed by atoms with Gasteiger partial charge in [0.2, 0.25) is 0 Å². The predicted molar refractivity (Wildman–Crippen MR) is 72.9 cm³/mol. The van der Waals surface area contributed by atoms with Crippen molar-refractivity contribution in [1.29, 1.82) is 0 Å². The zero-order valence-corrected chi connectivity index (χ0v) is 11.8. The molecule has 5 nitrogen and oxygen atoms in total. The van der Waals surface area contributed by atoms with E-state index in [0.29, 0.717) is 6.54 Å². The highest BCUT2D eigenvalue weighted by molar-refractivity contribution is 5.66. The fourth-order valence-corrected chi connectivity index (χ4v) is 2.22. The van der Waals surface area contributed by atoms with Gasteiger partial charge in [0.1, 0.15) is 0 Å². The molecule has 1 aliphatic rings. The van der Waals surface area contributed by atoms with Crippen LogP contribution in [0.25, 0.3) is 0 Å². The summed E-state index contributed by atoms with van der Waals surface area (Å²) in [7, 11) is 4.10. The first kappa shape index (κ1) is 15.4. The number of aliphatic carboxylic acids is 1. The third-order valence-corrected chi connectivity index (χ3v) is 3.44. The Kier molecular flexibility index (Phi) is 7.23. The van der Waals surface area contributed by atoms with Gasteiger partial charge >= 0.3 is 5.97 Å². The lowest BCUT2D eigenvalue weighted by atomic mass is 10.3. The number of nitrogens with zero attached hydrogens (tertiary/aromatic N) is 3. The number of likely N-dealkylation sites (tertiary alicyclic amines) is 1. The smallest absolute Gasteiger partial charge is 0.304 e. The molecule has 1 heterocycles. The SMILES string of the molecule is CN(C)CCN(CCC(=O)O)CCN1CCCC1. The number of likely N-dealkylation sites (N-methyl/N-ethyl adjacent to an activating group) is 1. The van der Waals surface area contributed by atoms with E-state index in [-0.39, 0.29) is 6.42 Å². The van der Waals surface area contributed by atoms with Crippen molar-refractivity contribution in [3.63, 3.8) is 0 Å². The summed E-state index contributed by atoms with van der Waals surface area (Å²) in [6, 6.07) is 0. The summed E-state index contributed by atoms with van der Waals surface area (Å²) in [6.07, 6.45) is 2.87. The molecule has 1 fully saturated rings. The second-order valence-electron chi connectivity index (χ2n) is 5.34. The first-order chi connectivity index (χ1) is 8.58. The van der Waals surface area contributed by atoms with Crippen LogP contribution in [0.4, 0.5) is 0 Å². The molecular formula is C13H27N3O2. The van der Waals surface area contributed by atoms with E-state index in [0.717, 1.165) is 26.2 Å². The van der Waals surface area contributed by atoms with E-state index in [4.69, 9.17) is 5.11 Å². The average Bonchev–Trinajstić information content (AvgIpc) is 2.80. The first-order valence-electron chi connectivity index (χ1n) is 6.89. The normalized spacial score (nSPS) is 16.9. The summed E-state index contributed by atoms with van der Waals surface area (Å²) < 4.78 is 0. The van der Waals surface area contributed by atoms with Crippen LogP contribution in [-0.2, 0) is 4.79 Å². The second-order valence-corrected chi connectivity index (χ2v) is 5.34. The Balaban J connectivity index is 2.25. The molecule has 1 saturated heterocycles. The van der Waals surface area contributed by atoms with E-state index < -0.39 is 5.97 Å². The van der Waals surface area contributed by atoms with Gasteiger partial charge in [0.05, 0.1) is 6.42 Å². The second kappa shape index (κ2) is 8.45. The van der Waals surface area contributed by atoms with Crippen molar-refractivity contribution in [2.45, 2.75) is 19.3 Å². The fraction of sp³-hybridized carbons (Fsp3) is 0.923. The molecule has 0 atom stereocenters. The topological polar surface area (TPSA) is 47.0 Å². The summed E-state index contributed by atoms with van der Waals surface area (Å²) in [6.45, 7) is 7.08. The van der Waals surface area contributed by atoms with Crippen LogP contribution in [0.1, 0.15) is 19.3 Å². The summed E-state index contributed by atoms with van der Waals surface area (Å²) in [5, 5.41) is 8.77. The lowest BCUT2D eigenvalue weighted by Crippen LogP contribution is -2.38. The van der Waals surface area contributed by atoms with Gasteiger partial charge in [-0.05, 0) is 40.0 Å². The van der Waals surface area contributed by atoms with Gasteiger partial charge in [-0.15, -0.1) is 0 Å². The maximum atomic E-state index is 10.7. The lowest BCUT2D eigenvalue weighted by molar-refractivity contribution is -0.137. The molecule has 1 N–H and O–H groups in total. The molecule has 0 aromatic carbocycles. The molecule has 0 bridgehead atoms. The van der Waals surface area contributed by atoms with Crippen molar-refractivity contribution < 1.29 is 9.90 Å². The van der Waals surface area contributed by atoms with E-state index in [2.05, 4.69) is 28.8 Å². The van der Waals surface area contributed by atoms with E-state index in [9.17, 15) is 4.79 Å². The van der Waals surface area contributed by atoms with Gasteiger partial charge in [0, 0.05) is 32.7 Å². The van der Waals surface area contributed by atoms with Crippen molar-refractivity contribution in [2.75, 3.05) is 59.9 Å². The molecule has 1 aliphatic heterocycles. The summed E-state index contributed by atoms with van der Waals surface area (Å²) in [5.74, 6) is -0.703. The molecule has 0 aliphatic carbocycles. The minimum atomic E-state index is -0.703. The number of rotatable bonds is 9. The van der Waals surface area contributed by atoms with Crippen LogP contribution >= 0.6 is 0 Å². The number of carbonyl (C=O) groups is 1.